The van der Waals surface area contributed by atoms with Gasteiger partial charge >= 0.3 is 17.9 Å². The van der Waals surface area contributed by atoms with Crippen molar-refractivity contribution in [1.82, 2.24) is 0 Å². The maximum atomic E-state index is 12.9. The molecule has 0 aromatic rings. The zero-order chi connectivity index (χ0) is 59.2. The summed E-state index contributed by atoms with van der Waals surface area (Å²) in [7, 11) is 0. The first kappa shape index (κ1) is 80.4. The van der Waals surface area contributed by atoms with Crippen molar-refractivity contribution in [3.8, 4) is 0 Å². The summed E-state index contributed by atoms with van der Waals surface area (Å²) in [5.41, 5.74) is 0. The topological polar surface area (TPSA) is 78.9 Å². The zero-order valence-corrected chi connectivity index (χ0v) is 56.3. The van der Waals surface area contributed by atoms with Gasteiger partial charge in [0.2, 0.25) is 0 Å². The Morgan fingerprint density at radius 3 is 0.488 bits per heavy atom. The van der Waals surface area contributed by atoms with Crippen molar-refractivity contribution in [2.75, 3.05) is 13.2 Å². The van der Waals surface area contributed by atoms with E-state index in [1.807, 2.05) is 0 Å². The van der Waals surface area contributed by atoms with Crippen LogP contribution in [-0.4, -0.2) is 37.2 Å². The summed E-state index contributed by atoms with van der Waals surface area (Å²) in [5, 5.41) is 0. The van der Waals surface area contributed by atoms with E-state index in [9.17, 15) is 14.4 Å². The minimum Gasteiger partial charge on any atom is -0.462 e. The lowest BCUT2D eigenvalue weighted by atomic mass is 10.0. The molecule has 1 unspecified atom stereocenters. The van der Waals surface area contributed by atoms with E-state index in [1.54, 1.807) is 0 Å². The van der Waals surface area contributed by atoms with Crippen LogP contribution in [0.2, 0.25) is 0 Å². The summed E-state index contributed by atoms with van der Waals surface area (Å²) in [6.07, 6.45) is 86.2. The molecule has 6 nitrogen and oxygen atoms in total. The number of carbonyl (C=O) groups excluding carboxylic acids is 3. The third-order valence-corrected chi connectivity index (χ3v) is 17.9. The molecule has 0 aromatic heterocycles. The first-order valence-electron chi connectivity index (χ1n) is 38.0. The van der Waals surface area contributed by atoms with Crippen LogP contribution < -0.4 is 0 Å². The minimum absolute atomic E-state index is 0.0608. The van der Waals surface area contributed by atoms with Crippen molar-refractivity contribution in [2.24, 2.45) is 0 Å². The second kappa shape index (κ2) is 71.9. The average molecular weight is 1160 g/mol. The molecular weight excluding hydrogens is 1010 g/mol. The van der Waals surface area contributed by atoms with Gasteiger partial charge < -0.3 is 14.2 Å². The number of ether oxygens (including phenoxy) is 3. The fraction of sp³-hybridized carbons (Fsp3) is 0.961. The Bertz CT molecular complexity index is 1240. The maximum Gasteiger partial charge on any atom is 0.306 e. The third kappa shape index (κ3) is 69.2. The highest BCUT2D eigenvalue weighted by Gasteiger charge is 2.20. The molecule has 0 spiro atoms. The first-order valence-corrected chi connectivity index (χ1v) is 38.0. The molecular formula is C76H148O6. The highest BCUT2D eigenvalue weighted by atomic mass is 16.6. The van der Waals surface area contributed by atoms with Crippen LogP contribution in [0.1, 0.15) is 451 Å². The smallest absolute Gasteiger partial charge is 0.306 e. The predicted molar refractivity (Wildman–Crippen MR) is 358 cm³/mol. The average Bonchev–Trinajstić information content (AvgIpc) is 3.48. The van der Waals surface area contributed by atoms with Gasteiger partial charge in [0.15, 0.2) is 6.10 Å². The molecule has 0 fully saturated rings. The first-order chi connectivity index (χ1) is 40.5. The molecule has 0 aliphatic rings. The second-order valence-electron chi connectivity index (χ2n) is 26.3. The SMILES string of the molecule is CCCCCCCCCCCCCCCCCCCCCCCCCCCCCCC(=O)OCC(COC(=O)CCCCCCCCCC)OC(=O)CCCCCCCCCCCCCCCCCCCCCCCCCCCCCC. The molecule has 0 N–H and O–H groups in total. The van der Waals surface area contributed by atoms with Gasteiger partial charge in [-0.1, -0.05) is 412 Å². The molecule has 0 aliphatic carbocycles. The molecule has 6 heteroatoms. The van der Waals surface area contributed by atoms with E-state index >= 15 is 0 Å². The Kier molecular flexibility index (Phi) is 70.5. The number of unbranched alkanes of at least 4 members (excludes halogenated alkanes) is 61. The van der Waals surface area contributed by atoms with Crippen LogP contribution in [0.5, 0.6) is 0 Å². The number of carbonyl (C=O) groups is 3. The number of rotatable bonds is 72. The monoisotopic (exact) mass is 1160 g/mol. The van der Waals surface area contributed by atoms with Crippen LogP contribution in [-0.2, 0) is 28.6 Å². The van der Waals surface area contributed by atoms with Gasteiger partial charge in [0, 0.05) is 19.3 Å². The fourth-order valence-electron chi connectivity index (χ4n) is 12.2. The van der Waals surface area contributed by atoms with Crippen molar-refractivity contribution >= 4 is 17.9 Å². The number of hydrogen-bond donors (Lipinski definition) is 0. The molecule has 0 rings (SSSR count). The normalized spacial score (nSPS) is 11.9. The van der Waals surface area contributed by atoms with Crippen molar-refractivity contribution in [3.05, 3.63) is 0 Å². The van der Waals surface area contributed by atoms with E-state index in [-0.39, 0.29) is 31.1 Å². The molecule has 0 amide bonds. The van der Waals surface area contributed by atoms with Crippen LogP contribution in [0, 0.1) is 0 Å². The van der Waals surface area contributed by atoms with Crippen molar-refractivity contribution < 1.29 is 28.6 Å². The summed E-state index contributed by atoms with van der Waals surface area (Å²) < 4.78 is 17.0. The van der Waals surface area contributed by atoms with Gasteiger partial charge in [-0.2, -0.15) is 0 Å². The largest absolute Gasteiger partial charge is 0.462 e. The molecule has 0 saturated heterocycles. The van der Waals surface area contributed by atoms with Crippen LogP contribution in [0.3, 0.4) is 0 Å². The van der Waals surface area contributed by atoms with Crippen molar-refractivity contribution in [2.45, 2.75) is 457 Å². The highest BCUT2D eigenvalue weighted by molar-refractivity contribution is 5.71. The van der Waals surface area contributed by atoms with E-state index < -0.39 is 6.10 Å². The van der Waals surface area contributed by atoms with Crippen LogP contribution >= 0.6 is 0 Å². The van der Waals surface area contributed by atoms with E-state index in [2.05, 4.69) is 20.8 Å². The molecule has 0 saturated carbocycles. The van der Waals surface area contributed by atoms with Crippen LogP contribution in [0.4, 0.5) is 0 Å². The van der Waals surface area contributed by atoms with Crippen molar-refractivity contribution in [1.29, 1.82) is 0 Å². The van der Waals surface area contributed by atoms with Gasteiger partial charge in [-0.15, -0.1) is 0 Å². The van der Waals surface area contributed by atoms with Gasteiger partial charge in [-0.3, -0.25) is 14.4 Å². The fourth-order valence-corrected chi connectivity index (χ4v) is 12.2. The lowest BCUT2D eigenvalue weighted by Gasteiger charge is -2.18. The van der Waals surface area contributed by atoms with Crippen LogP contribution in [0.15, 0.2) is 0 Å². The molecule has 0 bridgehead atoms. The summed E-state index contributed by atoms with van der Waals surface area (Å²) in [6, 6.07) is 0. The Balaban J connectivity index is 3.99. The Morgan fingerprint density at radius 1 is 0.195 bits per heavy atom. The molecule has 0 heterocycles. The summed E-state index contributed by atoms with van der Waals surface area (Å²) in [6.45, 7) is 6.72. The van der Waals surface area contributed by atoms with Gasteiger partial charge in [0.1, 0.15) is 13.2 Å². The Morgan fingerprint density at radius 2 is 0.329 bits per heavy atom. The standard InChI is InChI=1S/C76H148O6/c1-4-7-10-13-16-19-21-23-25-27-29-31-33-35-37-39-41-43-45-47-49-51-53-55-57-60-63-66-69-75(78)81-72-73(71-80-74(77)68-65-62-59-18-15-12-9-6-3)82-76(79)70-67-64-61-58-56-54-52-50-48-46-44-42-40-38-36-34-32-30-28-26-24-22-20-17-14-11-8-5-2/h73H,4-72H2,1-3H3. The number of hydrogen-bond acceptors (Lipinski definition) is 6. The van der Waals surface area contributed by atoms with Crippen molar-refractivity contribution in [3.63, 3.8) is 0 Å². The molecule has 0 aromatic carbocycles. The quantitative estimate of drug-likeness (QED) is 0.0343. The van der Waals surface area contributed by atoms with Gasteiger partial charge in [-0.05, 0) is 19.3 Å². The highest BCUT2D eigenvalue weighted by Crippen LogP contribution is 2.20. The minimum atomic E-state index is -0.763. The Hall–Kier alpha value is -1.59. The van der Waals surface area contributed by atoms with E-state index in [0.717, 1.165) is 57.8 Å². The van der Waals surface area contributed by atoms with E-state index in [4.69, 9.17) is 14.2 Å². The number of esters is 3. The van der Waals surface area contributed by atoms with Gasteiger partial charge in [0.05, 0.1) is 0 Å². The zero-order valence-electron chi connectivity index (χ0n) is 56.3. The third-order valence-electron chi connectivity index (χ3n) is 17.9. The Labute approximate surface area is 514 Å². The second-order valence-corrected chi connectivity index (χ2v) is 26.3. The van der Waals surface area contributed by atoms with E-state index in [1.165, 1.54) is 353 Å². The lowest BCUT2D eigenvalue weighted by molar-refractivity contribution is -0.167. The summed E-state index contributed by atoms with van der Waals surface area (Å²) >= 11 is 0. The molecule has 1 atom stereocenters. The predicted octanol–water partition coefficient (Wildman–Crippen LogP) is 26.2. The maximum absolute atomic E-state index is 12.9. The molecule has 0 radical (unpaired) electrons. The van der Waals surface area contributed by atoms with Gasteiger partial charge in [-0.25, -0.2) is 0 Å². The molecule has 82 heavy (non-hydrogen) atoms. The summed E-state index contributed by atoms with van der Waals surface area (Å²) in [4.78, 5) is 38.3. The lowest BCUT2D eigenvalue weighted by Crippen LogP contribution is -2.30. The van der Waals surface area contributed by atoms with E-state index in [0.29, 0.717) is 19.3 Å². The van der Waals surface area contributed by atoms with Crippen LogP contribution in [0.25, 0.3) is 0 Å². The molecule has 0 aliphatic heterocycles. The summed E-state index contributed by atoms with van der Waals surface area (Å²) in [5.74, 6) is -0.826. The molecule has 488 valence electrons. The van der Waals surface area contributed by atoms with Gasteiger partial charge in [0.25, 0.3) is 0 Å².